The Balaban J connectivity index is 0.00000456. The highest BCUT2D eigenvalue weighted by Gasteiger charge is 2.45. The number of carbonyl (C=O) groups excluding carboxylic acids is 2. The summed E-state index contributed by atoms with van der Waals surface area (Å²) in [5, 5.41) is 3.42. The maximum Gasteiger partial charge on any atom is 0.273 e. The van der Waals surface area contributed by atoms with Crippen molar-refractivity contribution in [1.82, 2.24) is 10.2 Å². The Bertz CT molecular complexity index is 890. The Morgan fingerprint density at radius 2 is 2.03 bits per heavy atom. The van der Waals surface area contributed by atoms with Crippen molar-refractivity contribution in [3.8, 4) is 5.75 Å². The van der Waals surface area contributed by atoms with Crippen LogP contribution in [0.15, 0.2) is 12.1 Å². The largest absolute Gasteiger partial charge is 0.473 e. The van der Waals surface area contributed by atoms with Gasteiger partial charge in [-0.3, -0.25) is 9.59 Å². The molecule has 0 aromatic heterocycles. The molecule has 1 saturated heterocycles. The quantitative estimate of drug-likeness (QED) is 0.445. The third kappa shape index (κ3) is 6.91. The molecule has 8 nitrogen and oxygen atoms in total. The number of nitrogens with one attached hydrogen (secondary N) is 1. The lowest BCUT2D eigenvalue weighted by molar-refractivity contribution is -0.138. The molecule has 2 aliphatic heterocycles. The summed E-state index contributed by atoms with van der Waals surface area (Å²) in [4.78, 5) is 30.8. The molecule has 2 atom stereocenters. The molecular formula is C27H44ClN3O5. The number of hydrogen-bond acceptors (Lipinski definition) is 6. The van der Waals surface area contributed by atoms with Gasteiger partial charge < -0.3 is 29.3 Å². The van der Waals surface area contributed by atoms with Crippen LogP contribution in [-0.2, 0) is 25.5 Å². The van der Waals surface area contributed by atoms with Gasteiger partial charge in [0.1, 0.15) is 5.75 Å². The number of unbranched alkanes of at least 4 members (excludes halogenated alkanes) is 1. The van der Waals surface area contributed by atoms with Gasteiger partial charge in [0.2, 0.25) is 11.5 Å². The van der Waals surface area contributed by atoms with Crippen LogP contribution in [0.3, 0.4) is 0 Å². The van der Waals surface area contributed by atoms with E-state index in [0.29, 0.717) is 25.3 Å². The molecule has 0 bridgehead atoms. The minimum Gasteiger partial charge on any atom is -0.473 e. The number of halogens is 1. The van der Waals surface area contributed by atoms with E-state index in [4.69, 9.17) is 14.2 Å². The summed E-state index contributed by atoms with van der Waals surface area (Å²) in [5.74, 6) is 0.653. The lowest BCUT2D eigenvalue weighted by Gasteiger charge is -2.41. The van der Waals surface area contributed by atoms with E-state index in [2.05, 4.69) is 19.2 Å². The molecule has 2 aliphatic rings. The Morgan fingerprint density at radius 3 is 2.64 bits per heavy atom. The van der Waals surface area contributed by atoms with Crippen LogP contribution in [0.25, 0.3) is 0 Å². The average molecular weight is 526 g/mol. The Morgan fingerprint density at radius 1 is 1.28 bits per heavy atom. The number of anilines is 1. The molecule has 36 heavy (non-hydrogen) atoms. The van der Waals surface area contributed by atoms with Crippen LogP contribution in [0.4, 0.5) is 5.69 Å². The van der Waals surface area contributed by atoms with E-state index in [1.807, 2.05) is 24.0 Å². The number of rotatable bonds is 11. The first-order chi connectivity index (χ1) is 16.7. The fourth-order valence-corrected chi connectivity index (χ4v) is 5.22. The van der Waals surface area contributed by atoms with Gasteiger partial charge in [-0.2, -0.15) is 0 Å². The number of aryl methyl sites for hydroxylation is 1. The lowest BCUT2D eigenvalue weighted by Crippen LogP contribution is -2.57. The van der Waals surface area contributed by atoms with Gasteiger partial charge in [0.25, 0.3) is 5.91 Å². The maximum absolute atomic E-state index is 13.5. The molecule has 1 aromatic rings. The molecule has 2 amide bonds. The Kier molecular flexibility index (Phi) is 11.5. The summed E-state index contributed by atoms with van der Waals surface area (Å²) < 4.78 is 16.7. The number of piperidine rings is 1. The zero-order valence-electron chi connectivity index (χ0n) is 22.7. The molecule has 1 fully saturated rings. The van der Waals surface area contributed by atoms with Crippen molar-refractivity contribution < 1.29 is 23.8 Å². The molecule has 2 heterocycles. The average Bonchev–Trinajstić information content (AvgIpc) is 2.81. The molecule has 0 spiro atoms. The van der Waals surface area contributed by atoms with Crippen molar-refractivity contribution in [2.75, 3.05) is 52.0 Å². The molecular weight excluding hydrogens is 482 g/mol. The number of methoxy groups -OCH3 is 2. The minimum atomic E-state index is -1.09. The fourth-order valence-electron chi connectivity index (χ4n) is 5.22. The Hall–Kier alpha value is -1.87. The second-order valence-corrected chi connectivity index (χ2v) is 10.2. The molecule has 3 rings (SSSR count). The first-order valence-corrected chi connectivity index (χ1v) is 12.9. The smallest absolute Gasteiger partial charge is 0.273 e. The highest BCUT2D eigenvalue weighted by Crippen LogP contribution is 2.40. The predicted molar refractivity (Wildman–Crippen MR) is 144 cm³/mol. The molecule has 9 heteroatoms. The summed E-state index contributed by atoms with van der Waals surface area (Å²) in [6, 6.07) is 4.27. The number of nitrogens with zero attached hydrogens (tertiary/aromatic N) is 2. The van der Waals surface area contributed by atoms with E-state index in [9.17, 15) is 9.59 Å². The van der Waals surface area contributed by atoms with Crippen LogP contribution in [0.2, 0.25) is 0 Å². The van der Waals surface area contributed by atoms with Gasteiger partial charge in [-0.05, 0) is 83.2 Å². The SMILES string of the molecule is COCCCCN1C(=O)[C@](C)(COC)Oc2cc(C)c(CC(=O)N(C(C)C)[C@@H]3CCCNC3)cc21.Cl. The molecule has 0 unspecified atom stereocenters. The van der Waals surface area contributed by atoms with Gasteiger partial charge in [0.05, 0.1) is 18.7 Å². The van der Waals surface area contributed by atoms with Crippen molar-refractivity contribution >= 4 is 29.9 Å². The van der Waals surface area contributed by atoms with Crippen molar-refractivity contribution in [2.45, 2.75) is 77.5 Å². The minimum absolute atomic E-state index is 0. The highest BCUT2D eigenvalue weighted by atomic mass is 35.5. The molecule has 0 aliphatic carbocycles. The maximum atomic E-state index is 13.5. The Labute approximate surface area is 222 Å². The standard InChI is InChI=1S/C27H43N3O5.ClH/c1-19(2)30(22-10-9-11-28-17-22)25(31)16-21-15-23-24(14-20(21)3)35-27(4,18-34-6)26(32)29(23)12-7-8-13-33-5;/h14-15,19,22,28H,7-13,16-18H2,1-6H3;1H/t22-,27+;/m1./s1. The van der Waals surface area contributed by atoms with Crippen LogP contribution < -0.4 is 15.0 Å². The van der Waals surface area contributed by atoms with Gasteiger partial charge in [-0.25, -0.2) is 0 Å². The zero-order valence-corrected chi connectivity index (χ0v) is 23.5. The van der Waals surface area contributed by atoms with E-state index in [1.54, 1.807) is 26.0 Å². The van der Waals surface area contributed by atoms with Crippen LogP contribution in [-0.4, -0.2) is 81.5 Å². The number of hydrogen-bond donors (Lipinski definition) is 1. The topological polar surface area (TPSA) is 80.3 Å². The van der Waals surface area contributed by atoms with Crippen LogP contribution >= 0.6 is 12.4 Å². The van der Waals surface area contributed by atoms with Crippen molar-refractivity contribution in [1.29, 1.82) is 0 Å². The number of fused-ring (bicyclic) bond motifs is 1. The first kappa shape index (κ1) is 30.4. The van der Waals surface area contributed by atoms with Crippen LogP contribution in [0.1, 0.15) is 57.6 Å². The molecule has 0 saturated carbocycles. The van der Waals surface area contributed by atoms with Gasteiger partial charge >= 0.3 is 0 Å². The normalized spacial score (nSPS) is 21.6. The second-order valence-electron chi connectivity index (χ2n) is 10.2. The van der Waals surface area contributed by atoms with Crippen molar-refractivity contribution in [3.63, 3.8) is 0 Å². The number of carbonyl (C=O) groups is 2. The lowest BCUT2D eigenvalue weighted by atomic mass is 9.96. The van der Waals surface area contributed by atoms with Crippen LogP contribution in [0.5, 0.6) is 5.75 Å². The van der Waals surface area contributed by atoms with Crippen LogP contribution in [0, 0.1) is 6.92 Å². The molecule has 0 radical (unpaired) electrons. The van der Waals surface area contributed by atoms with E-state index < -0.39 is 5.60 Å². The zero-order chi connectivity index (χ0) is 25.6. The van der Waals surface area contributed by atoms with E-state index >= 15 is 0 Å². The monoisotopic (exact) mass is 525 g/mol. The third-order valence-corrected chi connectivity index (χ3v) is 6.99. The van der Waals surface area contributed by atoms with Gasteiger partial charge in [-0.1, -0.05) is 0 Å². The predicted octanol–water partition coefficient (Wildman–Crippen LogP) is 3.51. The van der Waals surface area contributed by atoms with Gasteiger partial charge in [0, 0.05) is 46.0 Å². The summed E-state index contributed by atoms with van der Waals surface area (Å²) in [7, 11) is 3.25. The summed E-state index contributed by atoms with van der Waals surface area (Å²) in [6.45, 7) is 11.2. The number of ether oxygens (including phenoxy) is 3. The summed E-state index contributed by atoms with van der Waals surface area (Å²) >= 11 is 0. The van der Waals surface area contributed by atoms with Crippen molar-refractivity contribution in [2.24, 2.45) is 0 Å². The highest BCUT2D eigenvalue weighted by molar-refractivity contribution is 6.03. The van der Waals surface area contributed by atoms with Crippen molar-refractivity contribution in [3.05, 3.63) is 23.3 Å². The second kappa shape index (κ2) is 13.6. The number of benzene rings is 1. The summed E-state index contributed by atoms with van der Waals surface area (Å²) in [6.07, 6.45) is 4.06. The number of amides is 2. The van der Waals surface area contributed by atoms with E-state index in [1.165, 1.54) is 0 Å². The van der Waals surface area contributed by atoms with Gasteiger partial charge in [-0.15, -0.1) is 12.4 Å². The van der Waals surface area contributed by atoms with Gasteiger partial charge in [0.15, 0.2) is 0 Å². The summed E-state index contributed by atoms with van der Waals surface area (Å²) in [5.41, 5.74) is 1.55. The van der Waals surface area contributed by atoms with E-state index in [-0.39, 0.29) is 42.9 Å². The molecule has 1 N–H and O–H groups in total. The fraction of sp³-hybridized carbons (Fsp3) is 0.704. The first-order valence-electron chi connectivity index (χ1n) is 12.9. The molecule has 204 valence electrons. The molecule has 1 aromatic carbocycles. The third-order valence-electron chi connectivity index (χ3n) is 6.99. The van der Waals surface area contributed by atoms with E-state index in [0.717, 1.165) is 55.6 Å².